The van der Waals surface area contributed by atoms with Gasteiger partial charge in [-0.25, -0.2) is 4.98 Å². The van der Waals surface area contributed by atoms with E-state index in [1.54, 1.807) is 31.4 Å². The highest BCUT2D eigenvalue weighted by Gasteiger charge is 2.21. The molecule has 0 aliphatic carbocycles. The van der Waals surface area contributed by atoms with Crippen LogP contribution in [0.1, 0.15) is 28.4 Å². The normalized spacial score (nSPS) is 11.6. The number of thiazole rings is 1. The highest BCUT2D eigenvalue weighted by molar-refractivity contribution is 7.22. The Morgan fingerprint density at radius 3 is 2.55 bits per heavy atom. The third kappa shape index (κ3) is 5.07. The monoisotopic (exact) mass is 431 g/mol. The first-order chi connectivity index (χ1) is 15.1. The fourth-order valence-corrected chi connectivity index (χ4v) is 4.10. The number of nitrogens with zero attached hydrogens (tertiary/aromatic N) is 1. The Hall–Kier alpha value is -3.71. The van der Waals surface area contributed by atoms with Crippen LogP contribution in [0.3, 0.4) is 0 Å². The molecule has 0 saturated carbocycles. The second-order valence-electron chi connectivity index (χ2n) is 6.91. The SMILES string of the molecule is COc1cccc(C(CC(=O)Nc2nc3ccccc3s2)NC(=O)c2ccccc2)c1. The Kier molecular flexibility index (Phi) is 6.24. The van der Waals surface area contributed by atoms with Gasteiger partial charge in [-0.3, -0.25) is 9.59 Å². The zero-order valence-corrected chi connectivity index (χ0v) is 17.7. The maximum Gasteiger partial charge on any atom is 0.251 e. The van der Waals surface area contributed by atoms with Crippen molar-refractivity contribution in [2.24, 2.45) is 0 Å². The first-order valence-corrected chi connectivity index (χ1v) is 10.6. The van der Waals surface area contributed by atoms with Crippen LogP contribution in [0.5, 0.6) is 5.75 Å². The summed E-state index contributed by atoms with van der Waals surface area (Å²) in [5, 5.41) is 6.36. The first-order valence-electron chi connectivity index (χ1n) is 9.77. The molecule has 31 heavy (non-hydrogen) atoms. The van der Waals surface area contributed by atoms with E-state index >= 15 is 0 Å². The minimum absolute atomic E-state index is 0.0572. The molecule has 2 amide bonds. The van der Waals surface area contributed by atoms with Crippen molar-refractivity contribution >= 4 is 38.5 Å². The van der Waals surface area contributed by atoms with Crippen molar-refractivity contribution in [1.29, 1.82) is 0 Å². The van der Waals surface area contributed by atoms with Crippen molar-refractivity contribution in [2.75, 3.05) is 12.4 Å². The Morgan fingerprint density at radius 1 is 1.00 bits per heavy atom. The lowest BCUT2D eigenvalue weighted by Crippen LogP contribution is -2.31. The van der Waals surface area contributed by atoms with Gasteiger partial charge in [0, 0.05) is 5.56 Å². The van der Waals surface area contributed by atoms with Crippen LogP contribution in [0.25, 0.3) is 10.2 Å². The number of methoxy groups -OCH3 is 1. The second-order valence-corrected chi connectivity index (χ2v) is 7.94. The van der Waals surface area contributed by atoms with Gasteiger partial charge in [0.25, 0.3) is 5.91 Å². The zero-order valence-electron chi connectivity index (χ0n) is 16.9. The van der Waals surface area contributed by atoms with Gasteiger partial charge >= 0.3 is 0 Å². The summed E-state index contributed by atoms with van der Waals surface area (Å²) in [4.78, 5) is 30.0. The number of hydrogen-bond acceptors (Lipinski definition) is 5. The van der Waals surface area contributed by atoms with Crippen molar-refractivity contribution in [3.63, 3.8) is 0 Å². The predicted molar refractivity (Wildman–Crippen MR) is 123 cm³/mol. The molecule has 0 spiro atoms. The van der Waals surface area contributed by atoms with Crippen molar-refractivity contribution in [3.05, 3.63) is 90.0 Å². The lowest BCUT2D eigenvalue weighted by Gasteiger charge is -2.19. The van der Waals surface area contributed by atoms with Crippen molar-refractivity contribution < 1.29 is 14.3 Å². The number of aromatic nitrogens is 1. The molecule has 6 nitrogen and oxygen atoms in total. The van der Waals surface area contributed by atoms with Gasteiger partial charge < -0.3 is 15.4 Å². The van der Waals surface area contributed by atoms with E-state index in [4.69, 9.17) is 4.74 Å². The van der Waals surface area contributed by atoms with Gasteiger partial charge in [-0.2, -0.15) is 0 Å². The number of carbonyl (C=O) groups excluding carboxylic acids is 2. The Balaban J connectivity index is 1.54. The summed E-state index contributed by atoms with van der Waals surface area (Å²) in [5.41, 5.74) is 2.15. The summed E-state index contributed by atoms with van der Waals surface area (Å²) in [7, 11) is 1.58. The van der Waals surface area contributed by atoms with Gasteiger partial charge in [0.15, 0.2) is 5.13 Å². The van der Waals surface area contributed by atoms with E-state index in [9.17, 15) is 9.59 Å². The van der Waals surface area contributed by atoms with E-state index in [2.05, 4.69) is 15.6 Å². The average molecular weight is 432 g/mol. The van der Waals surface area contributed by atoms with E-state index in [1.807, 2.05) is 54.6 Å². The highest BCUT2D eigenvalue weighted by Crippen LogP contribution is 2.27. The van der Waals surface area contributed by atoms with Crippen LogP contribution < -0.4 is 15.4 Å². The summed E-state index contributed by atoms with van der Waals surface area (Å²) in [6.07, 6.45) is 0.0572. The zero-order chi connectivity index (χ0) is 21.6. The molecule has 2 N–H and O–H groups in total. The minimum Gasteiger partial charge on any atom is -0.497 e. The van der Waals surface area contributed by atoms with Crippen LogP contribution in [0.15, 0.2) is 78.9 Å². The van der Waals surface area contributed by atoms with Crippen LogP contribution >= 0.6 is 11.3 Å². The van der Waals surface area contributed by atoms with E-state index in [0.717, 1.165) is 15.8 Å². The molecule has 1 atom stereocenters. The summed E-state index contributed by atoms with van der Waals surface area (Å²) >= 11 is 1.41. The summed E-state index contributed by atoms with van der Waals surface area (Å²) in [5.74, 6) is 0.171. The van der Waals surface area contributed by atoms with Crippen LogP contribution in [-0.2, 0) is 4.79 Å². The van der Waals surface area contributed by atoms with Gasteiger partial charge in [-0.05, 0) is 42.0 Å². The van der Waals surface area contributed by atoms with Crippen LogP contribution in [0.2, 0.25) is 0 Å². The number of carbonyl (C=O) groups is 2. The molecule has 0 aliphatic heterocycles. The number of fused-ring (bicyclic) bond motifs is 1. The standard InChI is InChI=1S/C24H21N3O3S/c1-30-18-11-7-10-17(14-18)20(25-23(29)16-8-3-2-4-9-16)15-22(28)27-24-26-19-12-5-6-13-21(19)31-24/h2-14,20H,15H2,1H3,(H,25,29)(H,26,27,28). The second kappa shape index (κ2) is 9.40. The Bertz CT molecular complexity index is 1170. The Morgan fingerprint density at radius 2 is 1.77 bits per heavy atom. The fraction of sp³-hybridized carbons (Fsp3) is 0.125. The highest BCUT2D eigenvalue weighted by atomic mass is 32.1. The largest absolute Gasteiger partial charge is 0.497 e. The lowest BCUT2D eigenvalue weighted by atomic mass is 10.0. The van der Waals surface area contributed by atoms with Crippen LogP contribution in [-0.4, -0.2) is 23.9 Å². The van der Waals surface area contributed by atoms with Gasteiger partial charge in [0.1, 0.15) is 5.75 Å². The molecule has 4 aromatic rings. The molecule has 4 rings (SSSR count). The molecule has 1 heterocycles. The van der Waals surface area contributed by atoms with Gasteiger partial charge in [0.05, 0.1) is 29.8 Å². The maximum atomic E-state index is 12.8. The van der Waals surface area contributed by atoms with Crippen LogP contribution in [0, 0.1) is 0 Å². The smallest absolute Gasteiger partial charge is 0.251 e. The third-order valence-electron chi connectivity index (χ3n) is 4.77. The van der Waals surface area contributed by atoms with Crippen molar-refractivity contribution in [2.45, 2.75) is 12.5 Å². The quantitative estimate of drug-likeness (QED) is 0.440. The third-order valence-corrected chi connectivity index (χ3v) is 5.72. The first kappa shape index (κ1) is 20.6. The molecule has 1 aromatic heterocycles. The van der Waals surface area contributed by atoms with E-state index in [0.29, 0.717) is 16.4 Å². The number of nitrogens with one attached hydrogen (secondary N) is 2. The van der Waals surface area contributed by atoms with E-state index < -0.39 is 6.04 Å². The van der Waals surface area contributed by atoms with E-state index in [1.165, 1.54) is 11.3 Å². The van der Waals surface area contributed by atoms with Crippen molar-refractivity contribution in [1.82, 2.24) is 10.3 Å². The fourth-order valence-electron chi connectivity index (χ4n) is 3.22. The molecule has 0 aliphatic rings. The minimum atomic E-state index is -0.530. The lowest BCUT2D eigenvalue weighted by molar-refractivity contribution is -0.116. The van der Waals surface area contributed by atoms with Crippen molar-refractivity contribution in [3.8, 4) is 5.75 Å². The summed E-state index contributed by atoms with van der Waals surface area (Å²) in [6.45, 7) is 0. The predicted octanol–water partition coefficient (Wildman–Crippen LogP) is 4.80. The van der Waals surface area contributed by atoms with Gasteiger partial charge in [-0.1, -0.05) is 53.8 Å². The number of amides is 2. The molecule has 156 valence electrons. The molecule has 3 aromatic carbocycles. The number of ether oxygens (including phenoxy) is 1. The molecule has 0 bridgehead atoms. The topological polar surface area (TPSA) is 80.3 Å². The average Bonchev–Trinajstić information content (AvgIpc) is 3.21. The molecule has 0 radical (unpaired) electrons. The summed E-state index contributed by atoms with van der Waals surface area (Å²) in [6, 6.07) is 23.4. The molecule has 0 fully saturated rings. The number of rotatable bonds is 7. The maximum absolute atomic E-state index is 12.8. The number of benzene rings is 3. The van der Waals surface area contributed by atoms with E-state index in [-0.39, 0.29) is 18.2 Å². The number of anilines is 1. The molecule has 0 saturated heterocycles. The van der Waals surface area contributed by atoms with Crippen LogP contribution in [0.4, 0.5) is 5.13 Å². The molecular weight excluding hydrogens is 410 g/mol. The van der Waals surface area contributed by atoms with Gasteiger partial charge in [0.2, 0.25) is 5.91 Å². The Labute approximate surface area is 183 Å². The van der Waals surface area contributed by atoms with Gasteiger partial charge in [-0.15, -0.1) is 0 Å². The molecule has 1 unspecified atom stereocenters. The number of para-hydroxylation sites is 1. The molecular formula is C24H21N3O3S. The molecule has 7 heteroatoms. The summed E-state index contributed by atoms with van der Waals surface area (Å²) < 4.78 is 6.31. The number of hydrogen-bond donors (Lipinski definition) is 2.